The highest BCUT2D eigenvalue weighted by atomic mass is 35.5. The summed E-state index contributed by atoms with van der Waals surface area (Å²) in [7, 11) is 2.82. The predicted octanol–water partition coefficient (Wildman–Crippen LogP) is 3.31. The van der Waals surface area contributed by atoms with Crippen molar-refractivity contribution in [2.75, 3.05) is 20.0 Å². The zero-order valence-electron chi connectivity index (χ0n) is 14.1. The summed E-state index contributed by atoms with van der Waals surface area (Å²) in [6.45, 7) is 0. The van der Waals surface area contributed by atoms with Gasteiger partial charge in [0.15, 0.2) is 5.16 Å². The quantitative estimate of drug-likeness (QED) is 0.378. The third-order valence-electron chi connectivity index (χ3n) is 3.67. The molecule has 0 fully saturated rings. The predicted molar refractivity (Wildman–Crippen MR) is 102 cm³/mol. The maximum Gasteiger partial charge on any atom is 0.316 e. The number of benzene rings is 2. The number of nitrogens with zero attached hydrogens (tertiary/aromatic N) is 2. The summed E-state index contributed by atoms with van der Waals surface area (Å²) in [5, 5.41) is 1.25. The molecule has 134 valence electrons. The smallest absolute Gasteiger partial charge is 0.316 e. The molecule has 2 aromatic carbocycles. The monoisotopic (exact) mass is 390 g/mol. The van der Waals surface area contributed by atoms with Gasteiger partial charge in [-0.25, -0.2) is 4.98 Å². The highest BCUT2D eigenvalue weighted by molar-refractivity contribution is 7.99. The van der Waals surface area contributed by atoms with Gasteiger partial charge >= 0.3 is 5.97 Å². The molecule has 0 bridgehead atoms. The summed E-state index contributed by atoms with van der Waals surface area (Å²) in [4.78, 5) is 29.2. The summed E-state index contributed by atoms with van der Waals surface area (Å²) in [6.07, 6.45) is 0. The van der Waals surface area contributed by atoms with Gasteiger partial charge in [-0.05, 0) is 30.3 Å². The van der Waals surface area contributed by atoms with Crippen molar-refractivity contribution in [3.8, 4) is 11.4 Å². The number of ether oxygens (including phenoxy) is 2. The van der Waals surface area contributed by atoms with Gasteiger partial charge in [-0.2, -0.15) is 0 Å². The lowest BCUT2D eigenvalue weighted by Gasteiger charge is -2.15. The average Bonchev–Trinajstić information content (AvgIpc) is 2.66. The minimum atomic E-state index is -0.415. The second-order valence-electron chi connectivity index (χ2n) is 5.23. The van der Waals surface area contributed by atoms with Crippen LogP contribution in [0.4, 0.5) is 0 Å². The lowest BCUT2D eigenvalue weighted by Crippen LogP contribution is -2.22. The van der Waals surface area contributed by atoms with E-state index in [9.17, 15) is 9.59 Å². The number of aromatic nitrogens is 2. The van der Waals surface area contributed by atoms with Crippen LogP contribution in [-0.2, 0) is 9.53 Å². The van der Waals surface area contributed by atoms with Crippen molar-refractivity contribution in [3.05, 3.63) is 57.8 Å². The van der Waals surface area contributed by atoms with Crippen molar-refractivity contribution < 1.29 is 14.3 Å². The average molecular weight is 391 g/mol. The highest BCUT2D eigenvalue weighted by Crippen LogP contribution is 2.29. The van der Waals surface area contributed by atoms with Crippen LogP contribution in [0.1, 0.15) is 0 Å². The molecule has 8 heteroatoms. The molecule has 0 radical (unpaired) electrons. The largest absolute Gasteiger partial charge is 0.495 e. The summed E-state index contributed by atoms with van der Waals surface area (Å²) in [5.41, 5.74) is 0.723. The van der Waals surface area contributed by atoms with Crippen LogP contribution in [0.5, 0.6) is 5.75 Å². The molecule has 26 heavy (non-hydrogen) atoms. The molecular formula is C18H15ClN2O4S. The molecule has 1 aromatic heterocycles. The molecule has 6 nitrogen and oxygen atoms in total. The molecule has 0 N–H and O–H groups in total. The van der Waals surface area contributed by atoms with Crippen molar-refractivity contribution in [1.29, 1.82) is 0 Å². The van der Waals surface area contributed by atoms with Crippen molar-refractivity contribution in [2.24, 2.45) is 0 Å². The van der Waals surface area contributed by atoms with E-state index in [0.29, 0.717) is 32.5 Å². The van der Waals surface area contributed by atoms with E-state index < -0.39 is 5.97 Å². The van der Waals surface area contributed by atoms with Gasteiger partial charge in [0.2, 0.25) is 0 Å². The molecule has 3 rings (SSSR count). The van der Waals surface area contributed by atoms with Crippen molar-refractivity contribution >= 4 is 40.2 Å². The molecule has 1 heterocycles. The third-order valence-corrected chi connectivity index (χ3v) is 4.82. The van der Waals surface area contributed by atoms with Crippen molar-refractivity contribution in [2.45, 2.75) is 5.16 Å². The van der Waals surface area contributed by atoms with Gasteiger partial charge in [0.1, 0.15) is 5.75 Å². The number of methoxy groups -OCH3 is 2. The molecule has 0 aliphatic carbocycles. The Morgan fingerprint density at radius 1 is 1.23 bits per heavy atom. The number of hydrogen-bond donors (Lipinski definition) is 0. The van der Waals surface area contributed by atoms with Crippen LogP contribution in [-0.4, -0.2) is 35.5 Å². The molecule has 0 amide bonds. The third kappa shape index (κ3) is 3.54. The van der Waals surface area contributed by atoms with E-state index in [0.717, 1.165) is 11.8 Å². The number of hydrogen-bond acceptors (Lipinski definition) is 6. The van der Waals surface area contributed by atoms with Crippen molar-refractivity contribution in [3.63, 3.8) is 0 Å². The number of fused-ring (bicyclic) bond motifs is 1. The molecule has 0 saturated heterocycles. The second kappa shape index (κ2) is 7.80. The first-order valence-electron chi connectivity index (χ1n) is 7.60. The maximum atomic E-state index is 13.1. The Balaban J connectivity index is 2.28. The fourth-order valence-corrected chi connectivity index (χ4v) is 3.45. The minimum absolute atomic E-state index is 0.0180. The van der Waals surface area contributed by atoms with Gasteiger partial charge in [0.25, 0.3) is 5.56 Å². The zero-order valence-corrected chi connectivity index (χ0v) is 15.6. The SMILES string of the molecule is COC(=O)CSc1nc2ccccc2c(=O)n1-c1cc(Cl)ccc1OC. The number of halogens is 1. The summed E-state index contributed by atoms with van der Waals surface area (Å²) in [6, 6.07) is 12.0. The zero-order chi connectivity index (χ0) is 18.7. The van der Waals surface area contributed by atoms with E-state index in [-0.39, 0.29) is 11.3 Å². The van der Waals surface area contributed by atoms with E-state index in [1.807, 2.05) is 0 Å². The van der Waals surface area contributed by atoms with E-state index in [2.05, 4.69) is 9.72 Å². The lowest BCUT2D eigenvalue weighted by molar-refractivity contribution is -0.137. The Morgan fingerprint density at radius 2 is 2.00 bits per heavy atom. The number of thioether (sulfide) groups is 1. The normalized spacial score (nSPS) is 10.7. The van der Waals surface area contributed by atoms with Crippen LogP contribution < -0.4 is 10.3 Å². The maximum absolute atomic E-state index is 13.1. The summed E-state index contributed by atoms with van der Waals surface area (Å²) < 4.78 is 11.5. The topological polar surface area (TPSA) is 70.4 Å². The number of para-hydroxylation sites is 1. The summed E-state index contributed by atoms with van der Waals surface area (Å²) >= 11 is 7.23. The molecule has 0 aliphatic rings. The summed E-state index contributed by atoms with van der Waals surface area (Å²) in [5.74, 6) is 0.0694. The van der Waals surface area contributed by atoms with Gasteiger partial charge < -0.3 is 9.47 Å². The lowest BCUT2D eigenvalue weighted by atomic mass is 10.2. The molecule has 0 unspecified atom stereocenters. The van der Waals surface area contributed by atoms with Crippen molar-refractivity contribution in [1.82, 2.24) is 9.55 Å². The molecule has 0 spiro atoms. The Kier molecular flexibility index (Phi) is 5.49. The van der Waals surface area contributed by atoms with E-state index in [1.165, 1.54) is 18.8 Å². The Morgan fingerprint density at radius 3 is 2.73 bits per heavy atom. The Hall–Kier alpha value is -2.51. The first-order valence-corrected chi connectivity index (χ1v) is 8.97. The first-order chi connectivity index (χ1) is 12.5. The van der Waals surface area contributed by atoms with E-state index in [1.54, 1.807) is 42.5 Å². The number of rotatable bonds is 5. The molecule has 0 saturated carbocycles. The van der Waals surface area contributed by atoms with E-state index >= 15 is 0 Å². The van der Waals surface area contributed by atoms with Crippen LogP contribution in [0.2, 0.25) is 5.02 Å². The van der Waals surface area contributed by atoms with Gasteiger partial charge in [-0.1, -0.05) is 35.5 Å². The Labute approximate surface area is 158 Å². The van der Waals surface area contributed by atoms with Crippen LogP contribution in [0.15, 0.2) is 52.4 Å². The van der Waals surface area contributed by atoms with Crippen LogP contribution in [0, 0.1) is 0 Å². The number of esters is 1. The highest BCUT2D eigenvalue weighted by Gasteiger charge is 2.18. The molecule has 3 aromatic rings. The van der Waals surface area contributed by atoms with Gasteiger partial charge in [-0.15, -0.1) is 0 Å². The standard InChI is InChI=1S/C18H15ClN2O4S/c1-24-15-8-7-11(19)9-14(15)21-17(23)12-5-3-4-6-13(12)20-18(21)26-10-16(22)25-2/h3-9H,10H2,1-2H3. The van der Waals surface area contributed by atoms with Gasteiger partial charge in [0.05, 0.1) is 36.6 Å². The van der Waals surface area contributed by atoms with Crippen LogP contribution >= 0.6 is 23.4 Å². The molecule has 0 atom stereocenters. The fraction of sp³-hybridized carbons (Fsp3) is 0.167. The molecular weight excluding hydrogens is 376 g/mol. The molecule has 0 aliphatic heterocycles. The Bertz CT molecular complexity index is 1040. The van der Waals surface area contributed by atoms with Gasteiger partial charge in [-0.3, -0.25) is 14.2 Å². The minimum Gasteiger partial charge on any atom is -0.495 e. The van der Waals surface area contributed by atoms with E-state index in [4.69, 9.17) is 16.3 Å². The second-order valence-corrected chi connectivity index (χ2v) is 6.61. The van der Waals surface area contributed by atoms with Crippen LogP contribution in [0.25, 0.3) is 16.6 Å². The fourth-order valence-electron chi connectivity index (χ4n) is 2.44. The van der Waals surface area contributed by atoms with Gasteiger partial charge in [0, 0.05) is 5.02 Å². The number of carbonyl (C=O) groups excluding carboxylic acids is 1. The van der Waals surface area contributed by atoms with Crippen LogP contribution in [0.3, 0.4) is 0 Å². The number of carbonyl (C=O) groups is 1. The first kappa shape index (κ1) is 18.3.